The molecule has 3 aliphatic rings. The summed E-state index contributed by atoms with van der Waals surface area (Å²) in [4.78, 5) is 12.2. The summed E-state index contributed by atoms with van der Waals surface area (Å²) in [7, 11) is 1.94. The van der Waals surface area contributed by atoms with Gasteiger partial charge in [0.05, 0.1) is 0 Å². The third-order valence-corrected chi connectivity index (χ3v) is 6.71. The van der Waals surface area contributed by atoms with Crippen molar-refractivity contribution in [1.29, 1.82) is 0 Å². The molecule has 1 spiro atoms. The first-order valence-corrected chi connectivity index (χ1v) is 10.6. The van der Waals surface area contributed by atoms with Gasteiger partial charge in [0.2, 0.25) is 0 Å². The van der Waals surface area contributed by atoms with Crippen molar-refractivity contribution in [3.8, 4) is 0 Å². The maximum absolute atomic E-state index is 4.55. The number of guanidine groups is 1. The van der Waals surface area contributed by atoms with Gasteiger partial charge in [0.15, 0.2) is 5.96 Å². The number of halogens is 1. The van der Waals surface area contributed by atoms with E-state index in [2.05, 4.69) is 31.9 Å². The second kappa shape index (κ2) is 11.1. The lowest BCUT2D eigenvalue weighted by atomic mass is 9.86. The third kappa shape index (κ3) is 5.96. The van der Waals surface area contributed by atoms with Crippen LogP contribution in [0.25, 0.3) is 0 Å². The monoisotopic (exact) mass is 477 g/mol. The number of nitrogens with one attached hydrogen (secondary N) is 1. The molecular weight excluding hydrogens is 437 g/mol. The van der Waals surface area contributed by atoms with Crippen molar-refractivity contribution in [3.05, 3.63) is 0 Å². The zero-order chi connectivity index (χ0) is 17.5. The average Bonchev–Trinajstić information content (AvgIpc) is 3.29. The third-order valence-electron chi connectivity index (χ3n) is 6.71. The van der Waals surface area contributed by atoms with E-state index in [0.29, 0.717) is 5.41 Å². The summed E-state index contributed by atoms with van der Waals surface area (Å²) in [6, 6.07) is 0. The lowest BCUT2D eigenvalue weighted by molar-refractivity contribution is 0.136. The molecule has 2 aliphatic heterocycles. The minimum atomic E-state index is 0. The molecule has 1 saturated carbocycles. The van der Waals surface area contributed by atoms with Gasteiger partial charge in [0.1, 0.15) is 0 Å². The van der Waals surface area contributed by atoms with E-state index in [4.69, 9.17) is 0 Å². The van der Waals surface area contributed by atoms with E-state index < -0.39 is 0 Å². The van der Waals surface area contributed by atoms with E-state index in [9.17, 15) is 0 Å². The molecule has 0 radical (unpaired) electrons. The molecule has 1 N–H and O–H groups in total. The van der Waals surface area contributed by atoms with E-state index in [1.807, 2.05) is 7.05 Å². The minimum absolute atomic E-state index is 0. The number of rotatable bonds is 6. The van der Waals surface area contributed by atoms with Crippen LogP contribution in [0.4, 0.5) is 0 Å². The van der Waals surface area contributed by atoms with Gasteiger partial charge in [-0.25, -0.2) is 0 Å². The molecule has 0 bridgehead atoms. The standard InChI is InChI=1S/C20H39N5.HI/c1-3-23-14-16-24(17-15-23)12-7-6-11-22-19(21-2)25-13-10-20(18-25)8-4-5-9-20;/h3-18H2,1-2H3,(H,21,22);1H. The Morgan fingerprint density at radius 1 is 0.962 bits per heavy atom. The van der Waals surface area contributed by atoms with Crippen LogP contribution in [-0.4, -0.2) is 86.6 Å². The van der Waals surface area contributed by atoms with Gasteiger partial charge in [-0.2, -0.15) is 0 Å². The first-order chi connectivity index (χ1) is 12.2. The van der Waals surface area contributed by atoms with E-state index in [-0.39, 0.29) is 24.0 Å². The lowest BCUT2D eigenvalue weighted by Gasteiger charge is -2.34. The molecule has 0 aromatic heterocycles. The highest BCUT2D eigenvalue weighted by Crippen LogP contribution is 2.45. The quantitative estimate of drug-likeness (QED) is 0.276. The van der Waals surface area contributed by atoms with Gasteiger partial charge in [-0.05, 0) is 50.6 Å². The van der Waals surface area contributed by atoms with Crippen LogP contribution in [0, 0.1) is 5.41 Å². The lowest BCUT2D eigenvalue weighted by Crippen LogP contribution is -2.46. The molecule has 26 heavy (non-hydrogen) atoms. The van der Waals surface area contributed by atoms with Gasteiger partial charge < -0.3 is 20.0 Å². The number of hydrogen-bond donors (Lipinski definition) is 1. The molecule has 2 heterocycles. The Hall–Kier alpha value is -0.0800. The number of piperazine rings is 1. The largest absolute Gasteiger partial charge is 0.356 e. The average molecular weight is 477 g/mol. The molecule has 0 atom stereocenters. The summed E-state index contributed by atoms with van der Waals surface area (Å²) in [6.45, 7) is 13.2. The second-order valence-corrected chi connectivity index (χ2v) is 8.34. The summed E-state index contributed by atoms with van der Waals surface area (Å²) < 4.78 is 0. The molecule has 0 amide bonds. The fraction of sp³-hybridized carbons (Fsp3) is 0.950. The molecule has 6 heteroatoms. The van der Waals surface area contributed by atoms with Gasteiger partial charge in [-0.3, -0.25) is 4.99 Å². The van der Waals surface area contributed by atoms with Crippen molar-refractivity contribution >= 4 is 29.9 Å². The van der Waals surface area contributed by atoms with E-state index in [0.717, 1.165) is 12.5 Å². The summed E-state index contributed by atoms with van der Waals surface area (Å²) >= 11 is 0. The van der Waals surface area contributed by atoms with Crippen LogP contribution in [-0.2, 0) is 0 Å². The van der Waals surface area contributed by atoms with Gasteiger partial charge in [0.25, 0.3) is 0 Å². The molecule has 0 aromatic rings. The minimum Gasteiger partial charge on any atom is -0.356 e. The molecule has 2 saturated heterocycles. The molecule has 3 rings (SSSR count). The molecule has 0 unspecified atom stereocenters. The molecular formula is C20H40IN5. The maximum Gasteiger partial charge on any atom is 0.193 e. The Labute approximate surface area is 178 Å². The van der Waals surface area contributed by atoms with Crippen LogP contribution in [0.1, 0.15) is 51.9 Å². The summed E-state index contributed by atoms with van der Waals surface area (Å²) in [5, 5.41) is 3.62. The molecule has 0 aromatic carbocycles. The molecule has 3 fully saturated rings. The highest BCUT2D eigenvalue weighted by molar-refractivity contribution is 14.0. The smallest absolute Gasteiger partial charge is 0.193 e. The zero-order valence-corrected chi connectivity index (χ0v) is 19.3. The first kappa shape index (κ1) is 22.2. The Balaban J connectivity index is 0.00000243. The van der Waals surface area contributed by atoms with Crippen LogP contribution in [0.3, 0.4) is 0 Å². The van der Waals surface area contributed by atoms with E-state index in [1.54, 1.807) is 0 Å². The fourth-order valence-corrected chi connectivity index (χ4v) is 4.97. The molecule has 152 valence electrons. The predicted octanol–water partition coefficient (Wildman–Crippen LogP) is 2.86. The highest BCUT2D eigenvalue weighted by Gasteiger charge is 2.40. The second-order valence-electron chi connectivity index (χ2n) is 8.34. The van der Waals surface area contributed by atoms with E-state index in [1.165, 1.54) is 97.3 Å². The maximum atomic E-state index is 4.55. The Morgan fingerprint density at radius 3 is 2.31 bits per heavy atom. The van der Waals surface area contributed by atoms with Crippen molar-refractivity contribution in [3.63, 3.8) is 0 Å². The summed E-state index contributed by atoms with van der Waals surface area (Å²) in [6.07, 6.45) is 9.65. The normalized spacial score (nSPS) is 24.2. The summed E-state index contributed by atoms with van der Waals surface area (Å²) in [5.74, 6) is 1.14. The molecule has 5 nitrogen and oxygen atoms in total. The summed E-state index contributed by atoms with van der Waals surface area (Å²) in [5.41, 5.74) is 0.623. The first-order valence-electron chi connectivity index (χ1n) is 10.6. The molecule has 1 aliphatic carbocycles. The Kier molecular flexibility index (Phi) is 9.44. The SMILES string of the molecule is CCN1CCN(CCCCNC(=NC)N2CCC3(CCCC3)C2)CC1.I. The van der Waals surface area contributed by atoms with Crippen molar-refractivity contribution in [1.82, 2.24) is 20.0 Å². The van der Waals surface area contributed by atoms with Crippen LogP contribution in [0.15, 0.2) is 4.99 Å². The number of nitrogens with zero attached hydrogens (tertiary/aromatic N) is 4. The van der Waals surface area contributed by atoms with Crippen LogP contribution in [0.5, 0.6) is 0 Å². The van der Waals surface area contributed by atoms with Crippen LogP contribution in [0.2, 0.25) is 0 Å². The van der Waals surface area contributed by atoms with Gasteiger partial charge >= 0.3 is 0 Å². The van der Waals surface area contributed by atoms with Crippen molar-refractivity contribution in [2.24, 2.45) is 10.4 Å². The number of unbranched alkanes of at least 4 members (excludes halogenated alkanes) is 1. The Morgan fingerprint density at radius 2 is 1.65 bits per heavy atom. The fourth-order valence-electron chi connectivity index (χ4n) is 4.97. The number of likely N-dealkylation sites (tertiary alicyclic amines) is 1. The van der Waals surface area contributed by atoms with Crippen molar-refractivity contribution in [2.45, 2.75) is 51.9 Å². The predicted molar refractivity (Wildman–Crippen MR) is 122 cm³/mol. The van der Waals surface area contributed by atoms with Gasteiger partial charge in [0, 0.05) is 52.9 Å². The van der Waals surface area contributed by atoms with Gasteiger partial charge in [-0.1, -0.05) is 19.8 Å². The number of likely N-dealkylation sites (N-methyl/N-ethyl adjacent to an activating group) is 1. The van der Waals surface area contributed by atoms with Gasteiger partial charge in [-0.15, -0.1) is 24.0 Å². The number of hydrogen-bond acceptors (Lipinski definition) is 3. The van der Waals surface area contributed by atoms with Crippen molar-refractivity contribution in [2.75, 3.05) is 66.0 Å². The van der Waals surface area contributed by atoms with Crippen molar-refractivity contribution < 1.29 is 0 Å². The van der Waals surface area contributed by atoms with Crippen LogP contribution >= 0.6 is 24.0 Å². The zero-order valence-electron chi connectivity index (χ0n) is 17.0. The highest BCUT2D eigenvalue weighted by atomic mass is 127. The Bertz CT molecular complexity index is 428. The topological polar surface area (TPSA) is 34.1 Å². The van der Waals surface area contributed by atoms with E-state index >= 15 is 0 Å². The van der Waals surface area contributed by atoms with Crippen LogP contribution < -0.4 is 5.32 Å². The number of aliphatic imine (C=N–C) groups is 1.